The van der Waals surface area contributed by atoms with Crippen molar-refractivity contribution >= 4 is 51.5 Å². The van der Waals surface area contributed by atoms with Gasteiger partial charge in [0, 0.05) is 21.4 Å². The molecule has 3 aromatic carbocycles. The number of carbonyl (C=O) groups excluding carboxylic acids is 1. The average Bonchev–Trinajstić information content (AvgIpc) is 2.74. The van der Waals surface area contributed by atoms with Gasteiger partial charge in [0.2, 0.25) is 0 Å². The molecule has 2 amide bonds. The highest BCUT2D eigenvalue weighted by Gasteiger charge is 2.11. The van der Waals surface area contributed by atoms with Gasteiger partial charge in [0.05, 0.1) is 17.4 Å². The van der Waals surface area contributed by atoms with Crippen LogP contribution in [0.1, 0.15) is 11.4 Å². The predicted octanol–water partition coefficient (Wildman–Crippen LogP) is 5.70. The molecule has 4 rings (SSSR count). The SMILES string of the molecule is Cc1nc2ccc(NC(=O)Nc3ccc(Cl)cc3)cc2c(=O)n1Cc1ccc(Cl)cc1. The maximum Gasteiger partial charge on any atom is 0.323 e. The summed E-state index contributed by atoms with van der Waals surface area (Å²) in [5, 5.41) is 7.10. The van der Waals surface area contributed by atoms with E-state index < -0.39 is 6.03 Å². The number of aryl methyl sites for hydroxylation is 1. The molecule has 31 heavy (non-hydrogen) atoms. The van der Waals surface area contributed by atoms with Crippen molar-refractivity contribution in [3.05, 3.63) is 98.5 Å². The number of fused-ring (bicyclic) bond motifs is 1. The van der Waals surface area contributed by atoms with Gasteiger partial charge in [-0.25, -0.2) is 9.78 Å². The smallest absolute Gasteiger partial charge is 0.308 e. The second kappa shape index (κ2) is 8.79. The normalized spacial score (nSPS) is 10.8. The van der Waals surface area contributed by atoms with E-state index in [1.165, 1.54) is 0 Å². The van der Waals surface area contributed by atoms with E-state index >= 15 is 0 Å². The molecule has 0 aliphatic heterocycles. The van der Waals surface area contributed by atoms with E-state index in [2.05, 4.69) is 15.6 Å². The molecule has 0 fully saturated rings. The Bertz CT molecular complexity index is 1320. The maximum absolute atomic E-state index is 13.1. The first kappa shape index (κ1) is 20.9. The summed E-state index contributed by atoms with van der Waals surface area (Å²) in [5.41, 5.74) is 2.41. The van der Waals surface area contributed by atoms with Crippen molar-refractivity contribution in [1.29, 1.82) is 0 Å². The minimum atomic E-state index is -0.428. The number of nitrogens with zero attached hydrogens (tertiary/aromatic N) is 2. The Balaban J connectivity index is 1.60. The Labute approximate surface area is 188 Å². The highest BCUT2D eigenvalue weighted by atomic mass is 35.5. The Hall–Kier alpha value is -3.35. The molecule has 0 saturated carbocycles. The molecule has 0 saturated heterocycles. The van der Waals surface area contributed by atoms with E-state index in [0.717, 1.165) is 5.56 Å². The summed E-state index contributed by atoms with van der Waals surface area (Å²) in [6, 6.07) is 18.7. The van der Waals surface area contributed by atoms with Gasteiger partial charge in [-0.05, 0) is 67.1 Å². The van der Waals surface area contributed by atoms with Crippen LogP contribution in [0.15, 0.2) is 71.5 Å². The monoisotopic (exact) mass is 452 g/mol. The van der Waals surface area contributed by atoms with Crippen LogP contribution in [-0.2, 0) is 6.54 Å². The van der Waals surface area contributed by atoms with Crippen LogP contribution in [0.3, 0.4) is 0 Å². The number of anilines is 2. The fraction of sp³-hybridized carbons (Fsp3) is 0.0870. The largest absolute Gasteiger partial charge is 0.323 e. The quantitative estimate of drug-likeness (QED) is 0.416. The van der Waals surface area contributed by atoms with Gasteiger partial charge < -0.3 is 10.6 Å². The van der Waals surface area contributed by atoms with E-state index in [1.807, 2.05) is 12.1 Å². The standard InChI is InChI=1S/C23H18Cl2N4O2/c1-14-26-21-11-10-19(28-23(31)27-18-8-6-17(25)7-9-18)12-20(21)22(30)29(14)13-15-2-4-16(24)5-3-15/h2-12H,13H2,1H3,(H2,27,28,31). The van der Waals surface area contributed by atoms with Crippen molar-refractivity contribution in [2.45, 2.75) is 13.5 Å². The van der Waals surface area contributed by atoms with Crippen LogP contribution < -0.4 is 16.2 Å². The van der Waals surface area contributed by atoms with Crippen LogP contribution in [0.5, 0.6) is 0 Å². The number of rotatable bonds is 4. The van der Waals surface area contributed by atoms with Gasteiger partial charge in [0.15, 0.2) is 0 Å². The first-order valence-electron chi connectivity index (χ1n) is 9.48. The lowest BCUT2D eigenvalue weighted by molar-refractivity contribution is 0.262. The second-order valence-corrected chi connectivity index (χ2v) is 7.87. The number of carbonyl (C=O) groups is 1. The van der Waals surface area contributed by atoms with Gasteiger partial charge in [-0.15, -0.1) is 0 Å². The van der Waals surface area contributed by atoms with Crippen molar-refractivity contribution < 1.29 is 4.79 Å². The molecular formula is C23H18Cl2N4O2. The van der Waals surface area contributed by atoms with Crippen molar-refractivity contribution in [2.24, 2.45) is 0 Å². The second-order valence-electron chi connectivity index (χ2n) is 6.99. The minimum Gasteiger partial charge on any atom is -0.308 e. The van der Waals surface area contributed by atoms with E-state index in [-0.39, 0.29) is 5.56 Å². The molecule has 0 bridgehead atoms. The van der Waals surface area contributed by atoms with E-state index in [9.17, 15) is 9.59 Å². The molecule has 0 atom stereocenters. The molecule has 8 heteroatoms. The summed E-state index contributed by atoms with van der Waals surface area (Å²) in [6.07, 6.45) is 0. The van der Waals surface area contributed by atoms with Crippen LogP contribution in [0.4, 0.5) is 16.2 Å². The lowest BCUT2D eigenvalue weighted by atomic mass is 10.2. The van der Waals surface area contributed by atoms with Crippen LogP contribution in [0, 0.1) is 6.92 Å². The Morgan fingerprint density at radius 2 is 1.48 bits per heavy atom. The molecule has 1 aromatic heterocycles. The fourth-order valence-electron chi connectivity index (χ4n) is 3.19. The van der Waals surface area contributed by atoms with Gasteiger partial charge in [0.1, 0.15) is 5.82 Å². The number of benzene rings is 3. The zero-order chi connectivity index (χ0) is 22.0. The van der Waals surface area contributed by atoms with Crippen LogP contribution in [0.25, 0.3) is 10.9 Å². The lowest BCUT2D eigenvalue weighted by Gasteiger charge is -2.12. The van der Waals surface area contributed by atoms with E-state index in [4.69, 9.17) is 23.2 Å². The van der Waals surface area contributed by atoms with Crippen LogP contribution in [0.2, 0.25) is 10.0 Å². The first-order chi connectivity index (χ1) is 14.9. The van der Waals surface area contributed by atoms with Crippen molar-refractivity contribution in [3.8, 4) is 0 Å². The molecule has 4 aromatic rings. The zero-order valence-electron chi connectivity index (χ0n) is 16.5. The van der Waals surface area contributed by atoms with Crippen LogP contribution in [-0.4, -0.2) is 15.6 Å². The number of hydrogen-bond donors (Lipinski definition) is 2. The number of aromatic nitrogens is 2. The topological polar surface area (TPSA) is 76.0 Å². The summed E-state index contributed by atoms with van der Waals surface area (Å²) in [5.74, 6) is 0.605. The molecule has 1 heterocycles. The fourth-order valence-corrected chi connectivity index (χ4v) is 3.45. The summed E-state index contributed by atoms with van der Waals surface area (Å²) in [4.78, 5) is 30.0. The molecular weight excluding hydrogens is 435 g/mol. The van der Waals surface area contributed by atoms with Crippen LogP contribution >= 0.6 is 23.2 Å². The number of hydrogen-bond acceptors (Lipinski definition) is 3. The van der Waals surface area contributed by atoms with Crippen molar-refractivity contribution in [3.63, 3.8) is 0 Å². The summed E-state index contributed by atoms with van der Waals surface area (Å²) < 4.78 is 1.60. The molecule has 156 valence electrons. The van der Waals surface area contributed by atoms with Crippen molar-refractivity contribution in [2.75, 3.05) is 10.6 Å². The highest BCUT2D eigenvalue weighted by Crippen LogP contribution is 2.18. The molecule has 0 radical (unpaired) electrons. The lowest BCUT2D eigenvalue weighted by Crippen LogP contribution is -2.25. The number of halogens is 2. The number of urea groups is 1. The third-order valence-electron chi connectivity index (χ3n) is 4.76. The summed E-state index contributed by atoms with van der Waals surface area (Å²) in [7, 11) is 0. The van der Waals surface area contributed by atoms with Gasteiger partial charge in [-0.3, -0.25) is 9.36 Å². The average molecular weight is 453 g/mol. The molecule has 0 unspecified atom stereocenters. The van der Waals surface area contributed by atoms with Gasteiger partial charge in [0.25, 0.3) is 5.56 Å². The van der Waals surface area contributed by atoms with E-state index in [0.29, 0.717) is 44.7 Å². The Kier molecular flexibility index (Phi) is 5.93. The number of nitrogens with one attached hydrogen (secondary N) is 2. The van der Waals surface area contributed by atoms with Crippen molar-refractivity contribution in [1.82, 2.24) is 9.55 Å². The van der Waals surface area contributed by atoms with Gasteiger partial charge in [-0.2, -0.15) is 0 Å². The Morgan fingerprint density at radius 1 is 0.903 bits per heavy atom. The summed E-state index contributed by atoms with van der Waals surface area (Å²) in [6.45, 7) is 2.17. The number of amides is 2. The third-order valence-corrected chi connectivity index (χ3v) is 5.26. The molecule has 0 aliphatic carbocycles. The summed E-state index contributed by atoms with van der Waals surface area (Å²) >= 11 is 11.8. The van der Waals surface area contributed by atoms with E-state index in [1.54, 1.807) is 66.1 Å². The molecule has 0 aliphatic rings. The predicted molar refractivity (Wildman–Crippen MR) is 125 cm³/mol. The third kappa shape index (κ3) is 4.87. The molecule has 6 nitrogen and oxygen atoms in total. The maximum atomic E-state index is 13.1. The molecule has 2 N–H and O–H groups in total. The van der Waals surface area contributed by atoms with Gasteiger partial charge >= 0.3 is 6.03 Å². The van der Waals surface area contributed by atoms with Gasteiger partial charge in [-0.1, -0.05) is 35.3 Å². The Morgan fingerprint density at radius 3 is 2.16 bits per heavy atom. The highest BCUT2D eigenvalue weighted by molar-refractivity contribution is 6.30. The molecule has 0 spiro atoms. The minimum absolute atomic E-state index is 0.181. The first-order valence-corrected chi connectivity index (χ1v) is 10.2. The zero-order valence-corrected chi connectivity index (χ0v) is 18.0.